The highest BCUT2D eigenvalue weighted by atomic mass is 16.6. The summed E-state index contributed by atoms with van der Waals surface area (Å²) in [6.07, 6.45) is 1.94. The van der Waals surface area contributed by atoms with E-state index in [1.54, 1.807) is 0 Å². The molecule has 0 N–H and O–H groups in total. The van der Waals surface area contributed by atoms with Crippen molar-refractivity contribution in [3.8, 4) is 11.5 Å². The van der Waals surface area contributed by atoms with E-state index >= 15 is 0 Å². The second-order valence-corrected chi connectivity index (χ2v) is 7.38. The summed E-state index contributed by atoms with van der Waals surface area (Å²) in [5.41, 5.74) is 2.47. The molecule has 27 heavy (non-hydrogen) atoms. The predicted octanol–water partition coefficient (Wildman–Crippen LogP) is 4.69. The molecule has 1 atom stereocenters. The van der Waals surface area contributed by atoms with Gasteiger partial charge in [-0.3, -0.25) is 0 Å². The minimum atomic E-state index is -0.387. The third-order valence-corrected chi connectivity index (χ3v) is 4.14. The van der Waals surface area contributed by atoms with Crippen LogP contribution in [0.5, 0.6) is 11.5 Å². The highest BCUT2D eigenvalue weighted by Crippen LogP contribution is 2.19. The van der Waals surface area contributed by atoms with Crippen LogP contribution >= 0.6 is 0 Å². The lowest BCUT2D eigenvalue weighted by Crippen LogP contribution is -2.13. The Balaban J connectivity index is 1.85. The van der Waals surface area contributed by atoms with Gasteiger partial charge in [0.1, 0.15) is 11.5 Å². The molecule has 0 bridgehead atoms. The van der Waals surface area contributed by atoms with Gasteiger partial charge in [0.25, 0.3) is 0 Å². The first kappa shape index (κ1) is 20.8. The van der Waals surface area contributed by atoms with Crippen LogP contribution in [0.1, 0.15) is 31.9 Å². The number of hydrogen-bond acceptors (Lipinski definition) is 4. The maximum Gasteiger partial charge on any atom is 0.343 e. The van der Waals surface area contributed by atoms with Gasteiger partial charge in [-0.2, -0.15) is 0 Å². The van der Waals surface area contributed by atoms with Crippen molar-refractivity contribution in [2.45, 2.75) is 33.6 Å². The molecule has 2 rings (SSSR count). The Morgan fingerprint density at radius 3 is 2.07 bits per heavy atom. The highest BCUT2D eigenvalue weighted by molar-refractivity contribution is 5.70. The van der Waals surface area contributed by atoms with Gasteiger partial charge < -0.3 is 14.2 Å². The van der Waals surface area contributed by atoms with E-state index in [1.165, 1.54) is 12.7 Å². The number of esters is 1. The topological polar surface area (TPSA) is 44.8 Å². The number of carbonyl (C=O) groups excluding carboxylic acids is 1. The summed E-state index contributed by atoms with van der Waals surface area (Å²) in [7, 11) is 1.35. The second kappa shape index (κ2) is 10.6. The normalized spacial score (nSPS) is 11.9. The van der Waals surface area contributed by atoms with Gasteiger partial charge in [0.2, 0.25) is 0 Å². The van der Waals surface area contributed by atoms with Crippen molar-refractivity contribution in [2.24, 2.45) is 11.8 Å². The summed E-state index contributed by atoms with van der Waals surface area (Å²) in [4.78, 5) is 11.2. The van der Waals surface area contributed by atoms with E-state index in [1.807, 2.05) is 24.3 Å². The molecule has 2 aromatic carbocycles. The third-order valence-electron chi connectivity index (χ3n) is 4.14. The lowest BCUT2D eigenvalue weighted by molar-refractivity contribution is -0.142. The van der Waals surface area contributed by atoms with Crippen LogP contribution in [0.4, 0.5) is 0 Å². The molecular weight excluding hydrogens is 340 g/mol. The maximum atomic E-state index is 11.2. The first-order chi connectivity index (χ1) is 13.0. The number of rotatable bonds is 10. The molecule has 0 aliphatic heterocycles. The molecule has 1 unspecified atom stereocenters. The second-order valence-electron chi connectivity index (χ2n) is 7.38. The standard InChI is InChI=1S/C23H30O4/c1-17(2)11-19-7-5-9-21(13-19)26-15-18(3)12-20-8-6-10-22(14-20)27-16-23(24)25-4/h5-10,13-14,17-18H,11-12,15-16H2,1-4H3. The fourth-order valence-corrected chi connectivity index (χ4v) is 2.90. The molecule has 2 aromatic rings. The van der Waals surface area contributed by atoms with Crippen molar-refractivity contribution in [1.29, 1.82) is 0 Å². The van der Waals surface area contributed by atoms with E-state index in [0.717, 1.165) is 24.2 Å². The van der Waals surface area contributed by atoms with Crippen LogP contribution in [0, 0.1) is 11.8 Å². The number of methoxy groups -OCH3 is 1. The summed E-state index contributed by atoms with van der Waals surface area (Å²) in [6, 6.07) is 16.1. The quantitative estimate of drug-likeness (QED) is 0.569. The molecular formula is C23H30O4. The number of benzene rings is 2. The molecule has 4 nitrogen and oxygen atoms in total. The maximum absolute atomic E-state index is 11.2. The molecule has 0 spiro atoms. The molecule has 0 aromatic heterocycles. The Morgan fingerprint density at radius 2 is 1.48 bits per heavy atom. The molecule has 4 heteroatoms. The van der Waals surface area contributed by atoms with Gasteiger partial charge in [-0.25, -0.2) is 4.79 Å². The summed E-state index contributed by atoms with van der Waals surface area (Å²) in [6.45, 7) is 7.18. The van der Waals surface area contributed by atoms with Gasteiger partial charge in [0, 0.05) is 0 Å². The van der Waals surface area contributed by atoms with Crippen molar-refractivity contribution < 1.29 is 19.0 Å². The van der Waals surface area contributed by atoms with E-state index in [2.05, 4.69) is 49.8 Å². The fourth-order valence-electron chi connectivity index (χ4n) is 2.90. The average molecular weight is 370 g/mol. The lowest BCUT2D eigenvalue weighted by Gasteiger charge is -2.15. The molecule has 0 amide bonds. The van der Waals surface area contributed by atoms with E-state index in [-0.39, 0.29) is 12.6 Å². The lowest BCUT2D eigenvalue weighted by atomic mass is 10.0. The Kier molecular flexibility index (Phi) is 8.18. The highest BCUT2D eigenvalue weighted by Gasteiger charge is 2.08. The van der Waals surface area contributed by atoms with Crippen LogP contribution < -0.4 is 9.47 Å². The van der Waals surface area contributed by atoms with Crippen molar-refractivity contribution in [1.82, 2.24) is 0 Å². The van der Waals surface area contributed by atoms with E-state index in [4.69, 9.17) is 9.47 Å². The van der Waals surface area contributed by atoms with E-state index < -0.39 is 0 Å². The van der Waals surface area contributed by atoms with Crippen LogP contribution in [0.15, 0.2) is 48.5 Å². The first-order valence-electron chi connectivity index (χ1n) is 9.46. The fraction of sp³-hybridized carbons (Fsp3) is 0.435. The largest absolute Gasteiger partial charge is 0.493 e. The van der Waals surface area contributed by atoms with Gasteiger partial charge in [-0.05, 0) is 60.1 Å². The summed E-state index contributed by atoms with van der Waals surface area (Å²) in [5, 5.41) is 0. The average Bonchev–Trinajstić information content (AvgIpc) is 2.64. The van der Waals surface area contributed by atoms with Gasteiger partial charge in [-0.1, -0.05) is 45.0 Å². The van der Waals surface area contributed by atoms with Gasteiger partial charge in [0.15, 0.2) is 6.61 Å². The SMILES string of the molecule is COC(=O)COc1cccc(CC(C)COc2cccc(CC(C)C)c2)c1. The molecule has 0 saturated heterocycles. The molecule has 0 radical (unpaired) electrons. The van der Waals surface area contributed by atoms with Crippen molar-refractivity contribution >= 4 is 5.97 Å². The first-order valence-corrected chi connectivity index (χ1v) is 9.46. The van der Waals surface area contributed by atoms with Crippen LogP contribution in [0.25, 0.3) is 0 Å². The smallest absolute Gasteiger partial charge is 0.343 e. The molecule has 0 heterocycles. The Morgan fingerprint density at radius 1 is 0.889 bits per heavy atom. The van der Waals surface area contributed by atoms with Crippen LogP contribution in [0.3, 0.4) is 0 Å². The Bertz CT molecular complexity index is 724. The molecule has 0 fully saturated rings. The zero-order valence-electron chi connectivity index (χ0n) is 16.7. The third kappa shape index (κ3) is 7.73. The molecule has 146 valence electrons. The zero-order valence-corrected chi connectivity index (χ0v) is 16.7. The molecule has 0 aliphatic carbocycles. The minimum Gasteiger partial charge on any atom is -0.493 e. The summed E-state index contributed by atoms with van der Waals surface area (Å²) < 4.78 is 16.0. The Hall–Kier alpha value is -2.49. The number of hydrogen-bond donors (Lipinski definition) is 0. The number of carbonyl (C=O) groups is 1. The van der Waals surface area contributed by atoms with Crippen LogP contribution in [-0.4, -0.2) is 26.3 Å². The Labute approximate surface area is 162 Å². The van der Waals surface area contributed by atoms with E-state index in [9.17, 15) is 4.79 Å². The van der Waals surface area contributed by atoms with Crippen LogP contribution in [-0.2, 0) is 22.4 Å². The predicted molar refractivity (Wildman–Crippen MR) is 107 cm³/mol. The van der Waals surface area contributed by atoms with Gasteiger partial charge >= 0.3 is 5.97 Å². The van der Waals surface area contributed by atoms with Crippen molar-refractivity contribution in [3.63, 3.8) is 0 Å². The van der Waals surface area contributed by atoms with E-state index in [0.29, 0.717) is 24.2 Å². The van der Waals surface area contributed by atoms with Gasteiger partial charge in [-0.15, -0.1) is 0 Å². The van der Waals surface area contributed by atoms with Gasteiger partial charge in [0.05, 0.1) is 13.7 Å². The van der Waals surface area contributed by atoms with Crippen molar-refractivity contribution in [2.75, 3.05) is 20.3 Å². The number of ether oxygens (including phenoxy) is 3. The summed E-state index contributed by atoms with van der Waals surface area (Å²) in [5.74, 6) is 2.20. The monoisotopic (exact) mass is 370 g/mol. The molecule has 0 saturated carbocycles. The minimum absolute atomic E-state index is 0.0780. The zero-order chi connectivity index (χ0) is 19.6. The molecule has 0 aliphatic rings. The summed E-state index contributed by atoms with van der Waals surface area (Å²) >= 11 is 0. The van der Waals surface area contributed by atoms with Crippen LogP contribution in [0.2, 0.25) is 0 Å². The van der Waals surface area contributed by atoms with Crippen molar-refractivity contribution in [3.05, 3.63) is 59.7 Å².